The predicted molar refractivity (Wildman–Crippen MR) is 500 cm³/mol. The minimum absolute atomic E-state index is 0.200. The first-order valence-corrected chi connectivity index (χ1v) is 43.1. The molecule has 1 aliphatic carbocycles. The van der Waals surface area contributed by atoms with Crippen LogP contribution in [0, 0.1) is 94.4 Å². The molecule has 0 atom stereocenters. The Morgan fingerprint density at radius 3 is 0.909 bits per heavy atom. The van der Waals surface area contributed by atoms with Crippen LogP contribution in [0.4, 0.5) is 0 Å². The van der Waals surface area contributed by atoms with Gasteiger partial charge < -0.3 is 0 Å². The minimum atomic E-state index is 0.200. The molecule has 12 nitrogen and oxygen atoms in total. The highest BCUT2D eigenvalue weighted by molar-refractivity contribution is 5.99. The van der Waals surface area contributed by atoms with Gasteiger partial charge in [0.15, 0.2) is 24.8 Å². The molecule has 0 radical (unpaired) electrons. The van der Waals surface area contributed by atoms with Gasteiger partial charge in [-0.25, -0.2) is 18.3 Å². The Hall–Kier alpha value is -12.3. The van der Waals surface area contributed by atoms with Gasteiger partial charge in [-0.1, -0.05) is 181 Å². The second kappa shape index (κ2) is 36.0. The van der Waals surface area contributed by atoms with Gasteiger partial charge in [-0.05, 0) is 216 Å². The van der Waals surface area contributed by atoms with E-state index in [4.69, 9.17) is 29.9 Å². The van der Waals surface area contributed by atoms with Crippen molar-refractivity contribution in [3.8, 4) is 90.1 Å². The molecule has 12 heteroatoms. The third kappa shape index (κ3) is 19.0. The van der Waals surface area contributed by atoms with Crippen LogP contribution in [0.3, 0.4) is 0 Å². The van der Waals surface area contributed by atoms with Gasteiger partial charge in [-0.3, -0.25) is 39.9 Å². The summed E-state index contributed by atoms with van der Waals surface area (Å²) < 4.78 is 8.93. The Labute approximate surface area is 717 Å². The van der Waals surface area contributed by atoms with E-state index < -0.39 is 0 Å². The van der Waals surface area contributed by atoms with Crippen molar-refractivity contribution >= 4 is 43.1 Å². The average molecular weight is 1600 g/mol. The van der Waals surface area contributed by atoms with Gasteiger partial charge in [0.05, 0.1) is 91.9 Å². The first kappa shape index (κ1) is 85.1. The quantitative estimate of drug-likeness (QED) is 0.105. The van der Waals surface area contributed by atoms with Crippen LogP contribution in [-0.2, 0) is 41.0 Å². The zero-order chi connectivity index (χ0) is 86.0. The first-order chi connectivity index (χ1) is 57.8. The number of benzene rings is 8. The molecule has 8 heterocycles. The molecule has 0 aliphatic heterocycles. The second-order valence-electron chi connectivity index (χ2n) is 36.2. The SMILES string of the molecule is Cc1cc(C)c(C)c(-c2cc3cccc(-c4cnc(C(C)C)cn4)c3c[n+]2C)c1.Cc1cc(C)c(C)c(-c2cc3cccc(-c4cnc(C5CCCC5)cn4)c3c[n+]2C)c1.Cc1cc(C)c(C)c(-c2cc3cccc(-c4cnc(CC(C)(C)C)cn4)c3c[n+]2C)c1.Cc1cc(C)c(C)c(-c2cc3cccc(-c4cnc(CC(C)C)cn4)c3c[n+]2C)c1. The van der Waals surface area contributed by atoms with E-state index >= 15 is 0 Å². The van der Waals surface area contributed by atoms with E-state index in [-0.39, 0.29) is 5.41 Å². The molecule has 1 saturated carbocycles. The topological polar surface area (TPSA) is 119 Å². The zero-order valence-corrected chi connectivity index (χ0v) is 75.6. The summed E-state index contributed by atoms with van der Waals surface area (Å²) in [7, 11) is 8.51. The van der Waals surface area contributed by atoms with Crippen LogP contribution >= 0.6 is 0 Å². The molecule has 8 aromatic carbocycles. The molecule has 0 amide bonds. The molecule has 17 rings (SSSR count). The van der Waals surface area contributed by atoms with Crippen molar-refractivity contribution in [2.75, 3.05) is 0 Å². The molecule has 0 bridgehead atoms. The molecule has 0 unspecified atom stereocenters. The maximum Gasteiger partial charge on any atom is 0.213 e. The van der Waals surface area contributed by atoms with Gasteiger partial charge in [0, 0.05) is 99.5 Å². The fraction of sp³-hybridized carbons (Fsp3) is 0.303. The number of fused-ring (bicyclic) bond motifs is 4. The summed E-state index contributed by atoms with van der Waals surface area (Å²) in [5, 5.41) is 9.64. The molecule has 8 aromatic heterocycles. The molecule has 1 fully saturated rings. The Balaban J connectivity index is 0.000000132. The van der Waals surface area contributed by atoms with E-state index in [1.807, 2.05) is 49.6 Å². The lowest BCUT2D eigenvalue weighted by molar-refractivity contribution is -0.659. The number of pyridine rings is 4. The van der Waals surface area contributed by atoms with E-state index in [1.165, 1.54) is 181 Å². The summed E-state index contributed by atoms with van der Waals surface area (Å²) in [5.74, 6) is 1.55. The van der Waals surface area contributed by atoms with Gasteiger partial charge in [0.2, 0.25) is 22.8 Å². The van der Waals surface area contributed by atoms with Crippen LogP contribution in [0.25, 0.3) is 133 Å². The fourth-order valence-electron chi connectivity index (χ4n) is 17.5. The van der Waals surface area contributed by atoms with Crippen molar-refractivity contribution in [2.45, 2.75) is 182 Å². The highest BCUT2D eigenvalue weighted by Gasteiger charge is 2.26. The third-order valence-corrected chi connectivity index (χ3v) is 24.4. The van der Waals surface area contributed by atoms with E-state index in [0.29, 0.717) is 17.8 Å². The molecule has 1 aliphatic rings. The molecule has 0 spiro atoms. The van der Waals surface area contributed by atoms with Crippen LogP contribution in [0.5, 0.6) is 0 Å². The second-order valence-corrected chi connectivity index (χ2v) is 36.2. The molecule has 0 N–H and O–H groups in total. The lowest BCUT2D eigenvalue weighted by Gasteiger charge is -2.17. The zero-order valence-electron chi connectivity index (χ0n) is 75.6. The van der Waals surface area contributed by atoms with Crippen LogP contribution < -0.4 is 18.3 Å². The minimum Gasteiger partial charge on any atom is -0.257 e. The van der Waals surface area contributed by atoms with Crippen molar-refractivity contribution in [1.29, 1.82) is 0 Å². The van der Waals surface area contributed by atoms with Gasteiger partial charge in [-0.15, -0.1) is 0 Å². The number of aromatic nitrogens is 12. The molecule has 0 saturated heterocycles. The number of rotatable bonds is 13. The summed E-state index contributed by atoms with van der Waals surface area (Å²) >= 11 is 0. The highest BCUT2D eigenvalue weighted by atomic mass is 14.9. The number of hydrogen-bond acceptors (Lipinski definition) is 8. The van der Waals surface area contributed by atoms with Crippen molar-refractivity contribution < 1.29 is 18.3 Å². The van der Waals surface area contributed by atoms with Gasteiger partial charge >= 0.3 is 0 Å². The standard InChI is InChI=1S/C28H30N3.C28H32N3.C27H30N3.C26H28N3/c1-18-12-19(2)20(3)24(13-18)28-14-22-10-7-11-23(25(22)17-31(28)4)27-16-29-26(15-30-27)21-8-5-6-9-21;1-18-11-19(2)20(3)24(12-18)27-13-21-9-8-10-23(25(21)17-31(27)7)26-16-29-22(15-30-26)14-28(4,5)6;1-17(2)10-22-14-29-26(15-28-22)23-9-7-8-21-13-27(30(6)16-25(21)23)24-12-18(3)11-19(4)20(24)5;1-16(2)24-13-28-25(14-27-24)21-9-7-8-20-12-26(29(6)15-23(20)21)22-11-17(3)10-18(4)19(22)5/h7,10-17,21H,5-6,8-9H2,1-4H3;8-13,15-17H,14H2,1-7H3;7-9,11-17H,10H2,1-6H3;7-16H,1-6H3/q4*+1. The summed E-state index contributed by atoms with van der Waals surface area (Å²) in [5.41, 5.74) is 38.5. The number of nitrogens with zero attached hydrogens (tertiary/aromatic N) is 12. The van der Waals surface area contributed by atoms with Gasteiger partial charge in [-0.2, -0.15) is 0 Å². The maximum atomic E-state index is 4.82. The first-order valence-electron chi connectivity index (χ1n) is 43.1. The monoisotopic (exact) mass is 1600 g/mol. The largest absolute Gasteiger partial charge is 0.257 e. The van der Waals surface area contributed by atoms with Crippen LogP contribution in [0.15, 0.2) is 220 Å². The van der Waals surface area contributed by atoms with Crippen LogP contribution in [-0.4, -0.2) is 39.9 Å². The van der Waals surface area contributed by atoms with Crippen LogP contribution in [0.1, 0.15) is 176 Å². The van der Waals surface area contributed by atoms with E-state index in [2.05, 4.69) is 358 Å². The average Bonchev–Trinajstić information content (AvgIpc) is 0.988. The Morgan fingerprint density at radius 1 is 0.331 bits per heavy atom. The lowest BCUT2D eigenvalue weighted by Crippen LogP contribution is -2.30. The Kier molecular flexibility index (Phi) is 25.3. The smallest absolute Gasteiger partial charge is 0.213 e. The molecule has 121 heavy (non-hydrogen) atoms. The fourth-order valence-corrected chi connectivity index (χ4v) is 17.5. The molecule has 16 aromatic rings. The molecular weight excluding hydrogens is 1480 g/mol. The summed E-state index contributed by atoms with van der Waals surface area (Å²) in [6, 6.07) is 53.1. The number of aryl methyl sites for hydroxylation is 12. The van der Waals surface area contributed by atoms with Crippen molar-refractivity contribution in [1.82, 2.24) is 39.9 Å². The maximum absolute atomic E-state index is 4.82. The molecule has 612 valence electrons. The van der Waals surface area contributed by atoms with E-state index in [9.17, 15) is 0 Å². The van der Waals surface area contributed by atoms with E-state index in [1.54, 1.807) is 0 Å². The molecular formula is C109H120N12+4. The Bertz CT molecular complexity index is 6540. The summed E-state index contributed by atoms with van der Waals surface area (Å²) in [6.07, 6.45) is 31.3. The van der Waals surface area contributed by atoms with Crippen molar-refractivity contribution in [3.05, 3.63) is 309 Å². The summed E-state index contributed by atoms with van der Waals surface area (Å²) in [4.78, 5) is 37.8. The van der Waals surface area contributed by atoms with Crippen molar-refractivity contribution in [2.24, 2.45) is 39.5 Å². The van der Waals surface area contributed by atoms with E-state index in [0.717, 1.165) is 80.6 Å². The van der Waals surface area contributed by atoms with Crippen molar-refractivity contribution in [3.63, 3.8) is 0 Å². The van der Waals surface area contributed by atoms with Gasteiger partial charge in [0.1, 0.15) is 28.2 Å². The lowest BCUT2D eigenvalue weighted by atomic mass is 9.91. The third-order valence-electron chi connectivity index (χ3n) is 24.4. The summed E-state index contributed by atoms with van der Waals surface area (Å²) in [6.45, 7) is 41.6. The normalized spacial score (nSPS) is 12.3. The Morgan fingerprint density at radius 2 is 0.636 bits per heavy atom. The number of hydrogen-bond donors (Lipinski definition) is 0. The van der Waals surface area contributed by atoms with Gasteiger partial charge in [0.25, 0.3) is 0 Å². The highest BCUT2D eigenvalue weighted by Crippen LogP contribution is 2.39. The predicted octanol–water partition coefficient (Wildman–Crippen LogP) is 24.4. The van der Waals surface area contributed by atoms with Crippen LogP contribution in [0.2, 0.25) is 0 Å².